The first kappa shape index (κ1) is 13.6. The Morgan fingerprint density at radius 3 is 2.60 bits per heavy atom. The van der Waals surface area contributed by atoms with E-state index in [1.807, 2.05) is 6.92 Å². The van der Waals surface area contributed by atoms with Gasteiger partial charge in [-0.1, -0.05) is 12.2 Å². The molecule has 86 valence electrons. The van der Waals surface area contributed by atoms with Crippen molar-refractivity contribution in [2.24, 2.45) is 0 Å². The fraction of sp³-hybridized carbons (Fsp3) is 0.600. The van der Waals surface area contributed by atoms with Crippen LogP contribution in [0.15, 0.2) is 12.2 Å². The lowest BCUT2D eigenvalue weighted by atomic mass is 10.4. The first-order valence-corrected chi connectivity index (χ1v) is 4.75. The third-order valence-corrected chi connectivity index (χ3v) is 1.34. The highest BCUT2D eigenvalue weighted by atomic mass is 16.5. The summed E-state index contributed by atoms with van der Waals surface area (Å²) in [6.07, 6.45) is 0. The molecule has 0 bridgehead atoms. The highest BCUT2D eigenvalue weighted by molar-refractivity contribution is 6.32. The largest absolute Gasteiger partial charge is 0.459 e. The van der Waals surface area contributed by atoms with E-state index >= 15 is 0 Å². The molecule has 5 nitrogen and oxygen atoms in total. The second-order valence-electron chi connectivity index (χ2n) is 2.99. The van der Waals surface area contributed by atoms with Crippen molar-refractivity contribution in [2.75, 3.05) is 26.4 Å². The normalized spacial score (nSPS) is 9.47. The van der Waals surface area contributed by atoms with Crippen LogP contribution in [0.2, 0.25) is 0 Å². The minimum absolute atomic E-state index is 0.193. The summed E-state index contributed by atoms with van der Waals surface area (Å²) in [5.41, 5.74) is 0.909. The van der Waals surface area contributed by atoms with Gasteiger partial charge >= 0.3 is 11.9 Å². The minimum Gasteiger partial charge on any atom is -0.459 e. The van der Waals surface area contributed by atoms with Crippen LogP contribution in [0, 0.1) is 0 Å². The topological polar surface area (TPSA) is 64.6 Å². The smallest absolute Gasteiger partial charge is 0.396 e. The van der Waals surface area contributed by atoms with E-state index in [0.29, 0.717) is 13.2 Å². The summed E-state index contributed by atoms with van der Waals surface area (Å²) in [4.78, 5) is 21.8. The summed E-state index contributed by atoms with van der Waals surface area (Å²) in [5.74, 6) is -1.60. The second kappa shape index (κ2) is 7.99. The number of hydrogen-bond donors (Lipinski definition) is 1. The van der Waals surface area contributed by atoms with Crippen molar-refractivity contribution in [3.05, 3.63) is 12.2 Å². The number of amides is 1. The lowest BCUT2D eigenvalue weighted by Crippen LogP contribution is -2.34. The quantitative estimate of drug-likeness (QED) is 0.299. The fourth-order valence-corrected chi connectivity index (χ4v) is 0.752. The van der Waals surface area contributed by atoms with Crippen molar-refractivity contribution in [3.8, 4) is 0 Å². The molecule has 0 unspecified atom stereocenters. The first-order valence-electron chi connectivity index (χ1n) is 4.75. The lowest BCUT2D eigenvalue weighted by molar-refractivity contribution is -0.154. The maximum Gasteiger partial charge on any atom is 0.396 e. The zero-order valence-corrected chi connectivity index (χ0v) is 9.17. The molecule has 5 heteroatoms. The first-order chi connectivity index (χ1) is 7.07. The Morgan fingerprint density at radius 1 is 1.40 bits per heavy atom. The molecule has 0 aromatic carbocycles. The predicted octanol–water partition coefficient (Wildman–Crippen LogP) is 0.258. The Kier molecular flexibility index (Phi) is 7.27. The average molecular weight is 215 g/mol. The maximum absolute atomic E-state index is 11.0. The molecule has 1 N–H and O–H groups in total. The summed E-state index contributed by atoms with van der Waals surface area (Å²) in [7, 11) is 0. The summed E-state index contributed by atoms with van der Waals surface area (Å²) in [6, 6.07) is 0. The molecular formula is C10H17NO4. The molecule has 0 saturated heterocycles. The van der Waals surface area contributed by atoms with Crippen molar-refractivity contribution in [3.63, 3.8) is 0 Å². The molecule has 0 fully saturated rings. The number of carbonyl (C=O) groups excluding carboxylic acids is 2. The van der Waals surface area contributed by atoms with Crippen LogP contribution in [0.5, 0.6) is 0 Å². The Hall–Kier alpha value is -1.36. The average Bonchev–Trinajstić information content (AvgIpc) is 2.16. The van der Waals surface area contributed by atoms with Crippen LogP contribution in [0.3, 0.4) is 0 Å². The van der Waals surface area contributed by atoms with Crippen molar-refractivity contribution in [2.45, 2.75) is 13.8 Å². The van der Waals surface area contributed by atoms with Crippen LogP contribution in [-0.4, -0.2) is 38.2 Å². The van der Waals surface area contributed by atoms with E-state index in [1.165, 1.54) is 0 Å². The highest BCUT2D eigenvalue weighted by Crippen LogP contribution is 1.86. The number of nitrogens with one attached hydrogen (secondary N) is 1. The Balaban J connectivity index is 3.47. The maximum atomic E-state index is 11.0. The van der Waals surface area contributed by atoms with E-state index in [0.717, 1.165) is 5.57 Å². The van der Waals surface area contributed by atoms with E-state index in [-0.39, 0.29) is 13.2 Å². The number of rotatable bonds is 6. The van der Waals surface area contributed by atoms with Crippen LogP contribution in [0.1, 0.15) is 13.8 Å². The van der Waals surface area contributed by atoms with Gasteiger partial charge in [0.05, 0.1) is 19.8 Å². The van der Waals surface area contributed by atoms with Gasteiger partial charge in [0.15, 0.2) is 0 Å². The molecular weight excluding hydrogens is 198 g/mol. The lowest BCUT2D eigenvalue weighted by Gasteiger charge is -2.05. The Morgan fingerprint density at radius 2 is 2.07 bits per heavy atom. The summed E-state index contributed by atoms with van der Waals surface area (Å²) >= 11 is 0. The van der Waals surface area contributed by atoms with Gasteiger partial charge in [0.1, 0.15) is 0 Å². The molecule has 0 aliphatic heterocycles. The number of esters is 1. The second-order valence-corrected chi connectivity index (χ2v) is 2.99. The predicted molar refractivity (Wildman–Crippen MR) is 55.3 cm³/mol. The molecule has 0 aliphatic carbocycles. The Labute approximate surface area is 89.4 Å². The third-order valence-electron chi connectivity index (χ3n) is 1.34. The summed E-state index contributed by atoms with van der Waals surface area (Å²) < 4.78 is 9.61. The van der Waals surface area contributed by atoms with Gasteiger partial charge in [-0.2, -0.15) is 0 Å². The van der Waals surface area contributed by atoms with Gasteiger partial charge in [0, 0.05) is 6.54 Å². The SMILES string of the molecule is C=C(C)COCCNC(=O)C(=O)OCC. The van der Waals surface area contributed by atoms with Crippen molar-refractivity contribution < 1.29 is 19.1 Å². The molecule has 0 heterocycles. The standard InChI is InChI=1S/C10H17NO4/c1-4-15-10(13)9(12)11-5-6-14-7-8(2)3/h2,4-7H2,1,3H3,(H,11,12). The zero-order valence-electron chi connectivity index (χ0n) is 9.17. The van der Waals surface area contributed by atoms with E-state index < -0.39 is 11.9 Å². The van der Waals surface area contributed by atoms with E-state index in [4.69, 9.17) is 4.74 Å². The molecule has 0 saturated carbocycles. The van der Waals surface area contributed by atoms with Crippen LogP contribution < -0.4 is 5.32 Å². The zero-order chi connectivity index (χ0) is 11.7. The van der Waals surface area contributed by atoms with Crippen LogP contribution in [-0.2, 0) is 19.1 Å². The molecule has 0 spiro atoms. The molecule has 1 amide bonds. The van der Waals surface area contributed by atoms with Crippen molar-refractivity contribution >= 4 is 11.9 Å². The molecule has 15 heavy (non-hydrogen) atoms. The van der Waals surface area contributed by atoms with Crippen molar-refractivity contribution in [1.29, 1.82) is 0 Å². The monoisotopic (exact) mass is 215 g/mol. The van der Waals surface area contributed by atoms with Crippen molar-refractivity contribution in [1.82, 2.24) is 5.32 Å². The molecule has 0 aromatic heterocycles. The van der Waals surface area contributed by atoms with Gasteiger partial charge in [-0.15, -0.1) is 0 Å². The van der Waals surface area contributed by atoms with Gasteiger partial charge in [-0.05, 0) is 13.8 Å². The highest BCUT2D eigenvalue weighted by Gasteiger charge is 2.12. The summed E-state index contributed by atoms with van der Waals surface area (Å²) in [5, 5.41) is 2.37. The summed E-state index contributed by atoms with van der Waals surface area (Å²) in [6.45, 7) is 8.41. The number of carbonyl (C=O) groups is 2. The van der Waals surface area contributed by atoms with Gasteiger partial charge in [0.2, 0.25) is 0 Å². The van der Waals surface area contributed by atoms with Gasteiger partial charge in [-0.25, -0.2) is 4.79 Å². The molecule has 0 aliphatic rings. The van der Waals surface area contributed by atoms with Gasteiger partial charge in [-0.3, -0.25) is 4.79 Å². The van der Waals surface area contributed by atoms with Crippen LogP contribution >= 0.6 is 0 Å². The number of ether oxygens (including phenoxy) is 2. The fourth-order valence-electron chi connectivity index (χ4n) is 0.752. The minimum atomic E-state index is -0.864. The molecule has 0 rings (SSSR count). The Bertz CT molecular complexity index is 238. The van der Waals surface area contributed by atoms with E-state index in [2.05, 4.69) is 16.6 Å². The van der Waals surface area contributed by atoms with E-state index in [1.54, 1.807) is 6.92 Å². The van der Waals surface area contributed by atoms with Crippen LogP contribution in [0.25, 0.3) is 0 Å². The van der Waals surface area contributed by atoms with Gasteiger partial charge < -0.3 is 14.8 Å². The molecule has 0 atom stereocenters. The van der Waals surface area contributed by atoms with Gasteiger partial charge in [0.25, 0.3) is 0 Å². The number of hydrogen-bond acceptors (Lipinski definition) is 4. The van der Waals surface area contributed by atoms with Crippen LogP contribution in [0.4, 0.5) is 0 Å². The third kappa shape index (κ3) is 7.69. The van der Waals surface area contributed by atoms with E-state index in [9.17, 15) is 9.59 Å². The molecule has 0 aromatic rings. The molecule has 0 radical (unpaired) electrons.